The lowest BCUT2D eigenvalue weighted by Crippen LogP contribution is -2.21. The molecule has 0 saturated carbocycles. The molecule has 9 heteroatoms. The van der Waals surface area contributed by atoms with Crippen LogP contribution in [0.4, 0.5) is 11.4 Å². The highest BCUT2D eigenvalue weighted by Crippen LogP contribution is 2.12. The quantitative estimate of drug-likeness (QED) is 0.276. The fourth-order valence-electron chi connectivity index (χ4n) is 2.72. The van der Waals surface area contributed by atoms with E-state index in [4.69, 9.17) is 9.47 Å². The van der Waals surface area contributed by atoms with Crippen molar-refractivity contribution in [2.24, 2.45) is 0 Å². The number of Topliss-reactive ketones (excluding diaryl/α,β-unsaturated/α-hetero) is 1. The van der Waals surface area contributed by atoms with Gasteiger partial charge in [-0.25, -0.2) is 4.79 Å². The molecule has 2 N–H and O–H groups in total. The third-order valence-electron chi connectivity index (χ3n) is 4.63. The fourth-order valence-corrected chi connectivity index (χ4v) is 2.72. The van der Waals surface area contributed by atoms with E-state index in [1.54, 1.807) is 36.4 Å². The van der Waals surface area contributed by atoms with Gasteiger partial charge in [0.2, 0.25) is 5.91 Å². The van der Waals surface area contributed by atoms with Crippen LogP contribution in [0, 0.1) is 0 Å². The Morgan fingerprint density at radius 1 is 0.735 bits per heavy atom. The van der Waals surface area contributed by atoms with Crippen molar-refractivity contribution in [3.63, 3.8) is 0 Å². The van der Waals surface area contributed by atoms with Crippen LogP contribution < -0.4 is 10.6 Å². The molecule has 0 saturated heterocycles. The normalized spacial score (nSPS) is 10.2. The number of carbonyl (C=O) groups is 5. The molecule has 0 aliphatic carbocycles. The fraction of sp³-hybridized carbons (Fsp3) is 0.320. The van der Waals surface area contributed by atoms with Crippen molar-refractivity contribution in [3.05, 3.63) is 59.7 Å². The lowest BCUT2D eigenvalue weighted by atomic mass is 10.1. The van der Waals surface area contributed by atoms with Crippen LogP contribution in [-0.2, 0) is 23.9 Å². The monoisotopic (exact) mass is 468 g/mol. The molecule has 0 unspecified atom stereocenters. The van der Waals surface area contributed by atoms with Gasteiger partial charge in [0.1, 0.15) is 0 Å². The smallest absolute Gasteiger partial charge is 0.338 e. The highest BCUT2D eigenvalue weighted by atomic mass is 16.5. The summed E-state index contributed by atoms with van der Waals surface area (Å²) < 4.78 is 10.0. The summed E-state index contributed by atoms with van der Waals surface area (Å²) in [6.45, 7) is 3.30. The van der Waals surface area contributed by atoms with Gasteiger partial charge in [-0.3, -0.25) is 19.2 Å². The Morgan fingerprint density at radius 3 is 1.85 bits per heavy atom. The molecule has 0 atom stereocenters. The third-order valence-corrected chi connectivity index (χ3v) is 4.63. The van der Waals surface area contributed by atoms with E-state index in [2.05, 4.69) is 10.6 Å². The first-order chi connectivity index (χ1) is 16.3. The van der Waals surface area contributed by atoms with Crippen LogP contribution >= 0.6 is 0 Å². The first-order valence-electron chi connectivity index (χ1n) is 10.9. The second-order valence-corrected chi connectivity index (χ2v) is 7.46. The van der Waals surface area contributed by atoms with Gasteiger partial charge in [0.15, 0.2) is 12.4 Å². The Balaban J connectivity index is 1.68. The van der Waals surface area contributed by atoms with E-state index in [-0.39, 0.29) is 18.6 Å². The van der Waals surface area contributed by atoms with E-state index in [0.717, 1.165) is 12.8 Å². The molecule has 0 heterocycles. The van der Waals surface area contributed by atoms with Crippen LogP contribution in [0.3, 0.4) is 0 Å². The van der Waals surface area contributed by atoms with Crippen LogP contribution in [-0.4, -0.2) is 42.7 Å². The zero-order valence-corrected chi connectivity index (χ0v) is 19.2. The molecule has 2 aromatic rings. The van der Waals surface area contributed by atoms with Crippen LogP contribution in [0.15, 0.2) is 48.5 Å². The molecule has 2 aromatic carbocycles. The number of rotatable bonds is 12. The number of anilines is 2. The molecule has 2 amide bonds. The predicted molar refractivity (Wildman–Crippen MR) is 126 cm³/mol. The van der Waals surface area contributed by atoms with Crippen molar-refractivity contribution in [1.82, 2.24) is 0 Å². The Labute approximate surface area is 197 Å². The maximum Gasteiger partial charge on any atom is 0.338 e. The van der Waals surface area contributed by atoms with E-state index in [0.29, 0.717) is 29.1 Å². The number of nitrogens with one attached hydrogen (secondary N) is 2. The van der Waals surface area contributed by atoms with Crippen molar-refractivity contribution in [2.45, 2.75) is 39.5 Å². The Bertz CT molecular complexity index is 1010. The number of ether oxygens (including phenoxy) is 2. The molecule has 0 aliphatic heterocycles. The molecule has 0 radical (unpaired) electrons. The van der Waals surface area contributed by atoms with Crippen molar-refractivity contribution >= 4 is 40.9 Å². The van der Waals surface area contributed by atoms with Crippen molar-refractivity contribution in [2.75, 3.05) is 23.8 Å². The summed E-state index contributed by atoms with van der Waals surface area (Å²) in [5, 5.41) is 5.17. The van der Waals surface area contributed by atoms with E-state index in [1.165, 1.54) is 19.1 Å². The highest BCUT2D eigenvalue weighted by Gasteiger charge is 2.12. The first kappa shape index (κ1) is 26.2. The van der Waals surface area contributed by atoms with Crippen molar-refractivity contribution in [1.29, 1.82) is 0 Å². The number of amides is 2. The van der Waals surface area contributed by atoms with Gasteiger partial charge in [-0.15, -0.1) is 0 Å². The van der Waals surface area contributed by atoms with Crippen LogP contribution in [0.5, 0.6) is 0 Å². The molecule has 0 aliphatic rings. The Hall–Kier alpha value is -4.01. The summed E-state index contributed by atoms with van der Waals surface area (Å²) in [6.07, 6.45) is 1.40. The number of benzene rings is 2. The number of esters is 2. The van der Waals surface area contributed by atoms with E-state index in [1.807, 2.05) is 6.92 Å². The number of hydrogen-bond acceptors (Lipinski definition) is 7. The second kappa shape index (κ2) is 13.5. The van der Waals surface area contributed by atoms with E-state index in [9.17, 15) is 24.0 Å². The summed E-state index contributed by atoms with van der Waals surface area (Å²) in [6, 6.07) is 12.5. The first-order valence-corrected chi connectivity index (χ1v) is 10.9. The SMILES string of the molecule is CCCCOC(=O)c1ccc(NC(=O)COC(=O)CCC(=O)Nc2ccc(C(C)=O)cc2)cc1. The van der Waals surface area contributed by atoms with Gasteiger partial charge < -0.3 is 20.1 Å². The van der Waals surface area contributed by atoms with Crippen LogP contribution in [0.1, 0.15) is 60.2 Å². The maximum absolute atomic E-state index is 12.0. The molecular formula is C25H28N2O7. The Morgan fingerprint density at radius 2 is 1.29 bits per heavy atom. The van der Waals surface area contributed by atoms with Gasteiger partial charge in [0.05, 0.1) is 18.6 Å². The average molecular weight is 469 g/mol. The number of hydrogen-bond donors (Lipinski definition) is 2. The zero-order chi connectivity index (χ0) is 24.9. The minimum Gasteiger partial charge on any atom is -0.462 e. The minimum atomic E-state index is -0.692. The molecular weight excluding hydrogens is 440 g/mol. The van der Waals surface area contributed by atoms with Crippen molar-refractivity contribution < 1.29 is 33.4 Å². The lowest BCUT2D eigenvalue weighted by molar-refractivity contribution is -0.147. The summed E-state index contributed by atoms with van der Waals surface area (Å²) in [7, 11) is 0. The standard InChI is InChI=1S/C25H28N2O7/c1-3-4-15-33-25(32)19-7-11-21(12-8-19)27-23(30)16-34-24(31)14-13-22(29)26-20-9-5-18(6-10-20)17(2)28/h5-12H,3-4,13-16H2,1-2H3,(H,26,29)(H,27,30). The van der Waals surface area contributed by atoms with Crippen molar-refractivity contribution in [3.8, 4) is 0 Å². The summed E-state index contributed by atoms with van der Waals surface area (Å²) in [5.41, 5.74) is 1.83. The Kier molecular flexibility index (Phi) is 10.4. The summed E-state index contributed by atoms with van der Waals surface area (Å²) in [4.78, 5) is 58.9. The number of unbranched alkanes of at least 4 members (excludes halogenated alkanes) is 1. The van der Waals surface area contributed by atoms with E-state index < -0.39 is 30.4 Å². The molecule has 0 spiro atoms. The average Bonchev–Trinajstić information content (AvgIpc) is 2.82. The lowest BCUT2D eigenvalue weighted by Gasteiger charge is -2.08. The molecule has 0 fully saturated rings. The predicted octanol–water partition coefficient (Wildman–Crippen LogP) is 3.75. The molecule has 9 nitrogen and oxygen atoms in total. The number of carbonyl (C=O) groups excluding carboxylic acids is 5. The summed E-state index contributed by atoms with van der Waals surface area (Å²) >= 11 is 0. The van der Waals surface area contributed by atoms with Gasteiger partial charge in [-0.2, -0.15) is 0 Å². The number of ketones is 1. The molecule has 180 valence electrons. The van der Waals surface area contributed by atoms with Gasteiger partial charge in [-0.05, 0) is 61.9 Å². The minimum absolute atomic E-state index is 0.0795. The largest absolute Gasteiger partial charge is 0.462 e. The zero-order valence-electron chi connectivity index (χ0n) is 19.2. The maximum atomic E-state index is 12.0. The van der Waals surface area contributed by atoms with Gasteiger partial charge in [0, 0.05) is 23.4 Å². The van der Waals surface area contributed by atoms with Crippen LogP contribution in [0.2, 0.25) is 0 Å². The van der Waals surface area contributed by atoms with E-state index >= 15 is 0 Å². The molecule has 2 rings (SSSR count). The van der Waals surface area contributed by atoms with Gasteiger partial charge in [0.25, 0.3) is 5.91 Å². The molecule has 34 heavy (non-hydrogen) atoms. The molecule has 0 aromatic heterocycles. The van der Waals surface area contributed by atoms with Gasteiger partial charge in [-0.1, -0.05) is 13.3 Å². The molecule has 0 bridgehead atoms. The van der Waals surface area contributed by atoms with Gasteiger partial charge >= 0.3 is 11.9 Å². The van der Waals surface area contributed by atoms with Crippen LogP contribution in [0.25, 0.3) is 0 Å². The summed E-state index contributed by atoms with van der Waals surface area (Å²) in [5.74, 6) is -2.16. The topological polar surface area (TPSA) is 128 Å². The second-order valence-electron chi connectivity index (χ2n) is 7.46. The third kappa shape index (κ3) is 9.23. The highest BCUT2D eigenvalue weighted by molar-refractivity contribution is 5.97.